The first-order valence-corrected chi connectivity index (χ1v) is 7.24. The topological polar surface area (TPSA) is 73.6 Å². The Labute approximate surface area is 140 Å². The van der Waals surface area contributed by atoms with E-state index in [1.807, 2.05) is 0 Å². The number of carbonyl (C=O) groups excluding carboxylic acids is 3. The Morgan fingerprint density at radius 3 is 2.20 bits per heavy atom. The van der Waals surface area contributed by atoms with Crippen molar-refractivity contribution in [2.45, 2.75) is 13.8 Å². The van der Waals surface area contributed by atoms with Gasteiger partial charge in [-0.3, -0.25) is 14.4 Å². The number of carbonyl (C=O) groups is 3. The van der Waals surface area contributed by atoms with Crippen LogP contribution < -0.4 is 4.74 Å². The predicted octanol–water partition coefficient (Wildman–Crippen LogP) is 3.36. The fourth-order valence-electron chi connectivity index (χ4n) is 2.69. The number of ketones is 3. The maximum absolute atomic E-state index is 13.8. The molecule has 1 aliphatic rings. The Hall–Kier alpha value is -3.09. The number of benzene rings is 1. The van der Waals surface area contributed by atoms with E-state index in [1.165, 1.54) is 6.92 Å². The predicted molar refractivity (Wildman–Crippen MR) is 82.7 cm³/mol. The molecule has 1 aromatic heterocycles. The van der Waals surface area contributed by atoms with Crippen molar-refractivity contribution in [2.24, 2.45) is 0 Å². The minimum atomic E-state index is -1.06. The van der Waals surface area contributed by atoms with E-state index in [1.54, 1.807) is 6.92 Å². The number of hydrogen-bond acceptors (Lipinski definition) is 5. The zero-order valence-corrected chi connectivity index (χ0v) is 13.5. The van der Waals surface area contributed by atoms with E-state index in [2.05, 4.69) is 4.74 Å². The van der Waals surface area contributed by atoms with Crippen LogP contribution in [0.15, 0.2) is 28.4 Å². The van der Waals surface area contributed by atoms with Gasteiger partial charge in [0.05, 0.1) is 18.2 Å². The molecule has 1 aliphatic carbocycles. The number of furan rings is 1. The number of Topliss-reactive ketones (excluding diaryl/α,β-unsaturated/α-hetero) is 2. The third-order valence-corrected chi connectivity index (χ3v) is 4.18. The normalized spacial score (nSPS) is 14.0. The number of allylic oxidation sites excluding steroid dienone is 2. The molecule has 2 aromatic rings. The first-order chi connectivity index (χ1) is 11.8. The van der Waals surface area contributed by atoms with Gasteiger partial charge in [0.15, 0.2) is 23.2 Å². The maximum Gasteiger partial charge on any atom is 0.237 e. The standard InChI is InChI=1S/C18H12F2O5/c1-7-8(2)17-13(16(23)14(7)21)10(6-25-17)15(22)9-4-11(19)18(24-3)12(20)5-9/h4-6H,1-3H3. The van der Waals surface area contributed by atoms with E-state index in [-0.39, 0.29) is 28.0 Å². The molecule has 0 saturated heterocycles. The second-order valence-corrected chi connectivity index (χ2v) is 5.56. The van der Waals surface area contributed by atoms with Gasteiger partial charge >= 0.3 is 0 Å². The molecule has 0 unspecified atom stereocenters. The van der Waals surface area contributed by atoms with Gasteiger partial charge < -0.3 is 9.15 Å². The summed E-state index contributed by atoms with van der Waals surface area (Å²) in [7, 11) is 1.09. The first kappa shape index (κ1) is 16.8. The lowest BCUT2D eigenvalue weighted by Gasteiger charge is -2.13. The average molecular weight is 346 g/mol. The van der Waals surface area contributed by atoms with Gasteiger partial charge in [0.25, 0.3) is 0 Å². The van der Waals surface area contributed by atoms with Crippen LogP contribution >= 0.6 is 0 Å². The molecule has 0 saturated carbocycles. The fourth-order valence-corrected chi connectivity index (χ4v) is 2.69. The van der Waals surface area contributed by atoms with E-state index < -0.39 is 34.7 Å². The highest BCUT2D eigenvalue weighted by molar-refractivity contribution is 6.53. The quantitative estimate of drug-likeness (QED) is 0.629. The molecule has 25 heavy (non-hydrogen) atoms. The molecule has 0 radical (unpaired) electrons. The molecule has 7 heteroatoms. The molecule has 0 N–H and O–H groups in total. The molecule has 128 valence electrons. The molecule has 5 nitrogen and oxygen atoms in total. The lowest BCUT2D eigenvalue weighted by molar-refractivity contribution is -0.111. The molecule has 0 aliphatic heterocycles. The summed E-state index contributed by atoms with van der Waals surface area (Å²) in [5.41, 5.74) is -0.0689. The highest BCUT2D eigenvalue weighted by atomic mass is 19.1. The Morgan fingerprint density at radius 2 is 1.64 bits per heavy atom. The minimum Gasteiger partial charge on any atom is -0.491 e. The lowest BCUT2D eigenvalue weighted by Crippen LogP contribution is -2.23. The monoisotopic (exact) mass is 346 g/mol. The lowest BCUT2D eigenvalue weighted by atomic mass is 9.87. The van der Waals surface area contributed by atoms with Crippen molar-refractivity contribution in [3.05, 3.63) is 58.1 Å². The van der Waals surface area contributed by atoms with Gasteiger partial charge in [-0.25, -0.2) is 8.78 Å². The highest BCUT2D eigenvalue weighted by Gasteiger charge is 2.36. The number of hydrogen-bond donors (Lipinski definition) is 0. The van der Waals surface area contributed by atoms with Gasteiger partial charge in [-0.2, -0.15) is 0 Å². The van der Waals surface area contributed by atoms with Crippen LogP contribution in [0.25, 0.3) is 5.57 Å². The van der Waals surface area contributed by atoms with Crippen LogP contribution in [0.1, 0.15) is 45.9 Å². The third-order valence-electron chi connectivity index (χ3n) is 4.18. The summed E-state index contributed by atoms with van der Waals surface area (Å²) in [6, 6.07) is 1.60. The van der Waals surface area contributed by atoms with Gasteiger partial charge in [-0.15, -0.1) is 0 Å². The van der Waals surface area contributed by atoms with Crippen molar-refractivity contribution < 1.29 is 32.3 Å². The Bertz CT molecular complexity index is 958. The maximum atomic E-state index is 13.8. The van der Waals surface area contributed by atoms with Gasteiger partial charge in [-0.1, -0.05) is 0 Å². The minimum absolute atomic E-state index is 0.111. The van der Waals surface area contributed by atoms with E-state index in [9.17, 15) is 23.2 Å². The Balaban J connectivity index is 2.15. The summed E-state index contributed by atoms with van der Waals surface area (Å²) >= 11 is 0. The van der Waals surface area contributed by atoms with Crippen LogP contribution in [0.3, 0.4) is 0 Å². The second-order valence-electron chi connectivity index (χ2n) is 5.56. The fraction of sp³-hybridized carbons (Fsp3) is 0.167. The van der Waals surface area contributed by atoms with E-state index in [0.29, 0.717) is 5.57 Å². The van der Waals surface area contributed by atoms with Crippen molar-refractivity contribution in [1.29, 1.82) is 0 Å². The summed E-state index contributed by atoms with van der Waals surface area (Å²) in [6.07, 6.45) is 1.01. The largest absolute Gasteiger partial charge is 0.491 e. The van der Waals surface area contributed by atoms with Crippen molar-refractivity contribution >= 4 is 22.9 Å². The number of ether oxygens (including phenoxy) is 1. The van der Waals surface area contributed by atoms with E-state index >= 15 is 0 Å². The van der Waals surface area contributed by atoms with Crippen molar-refractivity contribution in [3.8, 4) is 5.75 Å². The van der Waals surface area contributed by atoms with Crippen molar-refractivity contribution in [1.82, 2.24) is 0 Å². The smallest absolute Gasteiger partial charge is 0.237 e. The Kier molecular flexibility index (Phi) is 3.87. The van der Waals surface area contributed by atoms with Crippen LogP contribution in [-0.4, -0.2) is 24.5 Å². The molecule has 0 spiro atoms. The molecule has 0 fully saturated rings. The second kappa shape index (κ2) is 5.77. The third kappa shape index (κ3) is 2.39. The van der Waals surface area contributed by atoms with Crippen molar-refractivity contribution in [3.63, 3.8) is 0 Å². The van der Waals surface area contributed by atoms with E-state index in [0.717, 1.165) is 25.5 Å². The first-order valence-electron chi connectivity index (χ1n) is 7.24. The molecule has 0 bridgehead atoms. The van der Waals surface area contributed by atoms with Crippen LogP contribution in [0.2, 0.25) is 0 Å². The van der Waals surface area contributed by atoms with Crippen LogP contribution in [-0.2, 0) is 4.79 Å². The molecule has 0 atom stereocenters. The summed E-state index contributed by atoms with van der Waals surface area (Å²) in [6.45, 7) is 3.07. The Morgan fingerprint density at radius 1 is 1.04 bits per heavy atom. The highest BCUT2D eigenvalue weighted by Crippen LogP contribution is 2.34. The van der Waals surface area contributed by atoms with Gasteiger partial charge in [-0.05, 0) is 31.6 Å². The molecule has 0 amide bonds. The molecule has 1 heterocycles. The van der Waals surface area contributed by atoms with E-state index in [4.69, 9.17) is 4.42 Å². The van der Waals surface area contributed by atoms with Crippen LogP contribution in [0, 0.1) is 11.6 Å². The van der Waals surface area contributed by atoms with Crippen LogP contribution in [0.4, 0.5) is 8.78 Å². The SMILES string of the molecule is COc1c(F)cc(C(=O)c2coc3c2C(=O)C(=O)C(C)=C3C)cc1F. The zero-order chi connectivity index (χ0) is 18.5. The molecular weight excluding hydrogens is 334 g/mol. The number of halogens is 2. The zero-order valence-electron chi connectivity index (χ0n) is 13.5. The average Bonchev–Trinajstić information content (AvgIpc) is 3.02. The summed E-state index contributed by atoms with van der Waals surface area (Å²) in [4.78, 5) is 36.9. The summed E-state index contributed by atoms with van der Waals surface area (Å²) in [5, 5.41) is 0. The number of rotatable bonds is 3. The van der Waals surface area contributed by atoms with Gasteiger partial charge in [0.2, 0.25) is 11.6 Å². The van der Waals surface area contributed by atoms with Crippen LogP contribution in [0.5, 0.6) is 5.75 Å². The molecular formula is C18H12F2O5. The van der Waals surface area contributed by atoms with Gasteiger partial charge in [0.1, 0.15) is 12.0 Å². The number of methoxy groups -OCH3 is 1. The summed E-state index contributed by atoms with van der Waals surface area (Å²) in [5.74, 6) is -5.09. The van der Waals surface area contributed by atoms with Crippen molar-refractivity contribution in [2.75, 3.05) is 7.11 Å². The number of fused-ring (bicyclic) bond motifs is 1. The van der Waals surface area contributed by atoms with Gasteiger partial charge in [0, 0.05) is 11.1 Å². The molecule has 3 rings (SSSR count). The summed E-state index contributed by atoms with van der Waals surface area (Å²) < 4.78 is 37.5. The molecule has 1 aromatic carbocycles.